The van der Waals surface area contributed by atoms with Gasteiger partial charge in [-0.25, -0.2) is 4.79 Å². The molecule has 4 bridgehead atoms. The van der Waals surface area contributed by atoms with Crippen LogP contribution in [0.4, 0.5) is 0 Å². The van der Waals surface area contributed by atoms with Gasteiger partial charge in [0.25, 0.3) is 0 Å². The van der Waals surface area contributed by atoms with Gasteiger partial charge >= 0.3 is 35.8 Å². The molecule has 17 heteroatoms. The van der Waals surface area contributed by atoms with E-state index in [1.165, 1.54) is 32.2 Å². The minimum Gasteiger partial charge on any atom is -0.465 e. The summed E-state index contributed by atoms with van der Waals surface area (Å²) in [7, 11) is 0. The van der Waals surface area contributed by atoms with Gasteiger partial charge in [-0.1, -0.05) is 13.8 Å². The first-order chi connectivity index (χ1) is 23.7. The molecule has 3 heterocycles. The summed E-state index contributed by atoms with van der Waals surface area (Å²) >= 11 is 0. The summed E-state index contributed by atoms with van der Waals surface area (Å²) in [4.78, 5) is 83.0. The van der Waals surface area contributed by atoms with Crippen molar-refractivity contribution in [3.63, 3.8) is 0 Å². The van der Waals surface area contributed by atoms with Gasteiger partial charge in [-0.05, 0) is 26.0 Å². The number of aromatic nitrogens is 1. The largest absolute Gasteiger partial charge is 0.465 e. The zero-order valence-electron chi connectivity index (χ0n) is 29.4. The highest BCUT2D eigenvalue weighted by Crippen LogP contribution is 2.69. The summed E-state index contributed by atoms with van der Waals surface area (Å²) in [5, 5.41) is 37.4. The highest BCUT2D eigenvalue weighted by molar-refractivity contribution is 5.91. The van der Waals surface area contributed by atoms with Gasteiger partial charge in [-0.2, -0.15) is 0 Å². The van der Waals surface area contributed by atoms with E-state index in [4.69, 9.17) is 33.2 Å². The van der Waals surface area contributed by atoms with Crippen LogP contribution in [0.15, 0.2) is 18.3 Å². The summed E-state index contributed by atoms with van der Waals surface area (Å²) in [6, 6.07) is 2.92. The average molecular weight is 722 g/mol. The Balaban J connectivity index is 1.91. The van der Waals surface area contributed by atoms with E-state index >= 15 is 0 Å². The molecule has 2 saturated carbocycles. The SMILES string of the molecule is CC(=O)OC[C@]12[C@H](OC(C)=O)C(O)C3[C@@H](OC(C)=O)[C@@]14O[C@@]3(C)COC(=O)c1cccnc1C(C)C(C)C(=O)O[C@@H]([C@H](O)[C@@H]2OC(C)=O)[C@]4(C)O. The van der Waals surface area contributed by atoms with Crippen LogP contribution in [0.1, 0.15) is 77.4 Å². The Morgan fingerprint density at radius 3 is 2.02 bits per heavy atom. The fraction of sp³-hybridized carbons (Fsp3) is 0.676. The third-order valence-electron chi connectivity index (χ3n) is 10.9. The summed E-state index contributed by atoms with van der Waals surface area (Å²) < 4.78 is 41.3. The molecule has 3 fully saturated rings. The molecule has 0 amide bonds. The van der Waals surface area contributed by atoms with Crippen LogP contribution in [0.2, 0.25) is 0 Å². The molecule has 4 unspecified atom stereocenters. The number of hydrogen-bond acceptors (Lipinski definition) is 17. The highest BCUT2D eigenvalue weighted by atomic mass is 16.7. The minimum absolute atomic E-state index is 0.00864. The highest BCUT2D eigenvalue weighted by Gasteiger charge is 2.90. The van der Waals surface area contributed by atoms with Crippen molar-refractivity contribution in [2.75, 3.05) is 13.2 Å². The second-order valence-corrected chi connectivity index (χ2v) is 14.2. The van der Waals surface area contributed by atoms with Gasteiger partial charge < -0.3 is 48.5 Å². The molecular formula is C34H43NO16. The number of carbonyl (C=O) groups is 6. The molecule has 13 atom stereocenters. The van der Waals surface area contributed by atoms with E-state index in [0.29, 0.717) is 0 Å². The predicted octanol–water partition coefficient (Wildman–Crippen LogP) is -0.108. The van der Waals surface area contributed by atoms with Crippen LogP contribution in [0.5, 0.6) is 0 Å². The number of pyridine rings is 1. The number of aliphatic hydroxyl groups is 3. The maximum Gasteiger partial charge on any atom is 0.340 e. The van der Waals surface area contributed by atoms with Crippen LogP contribution in [-0.2, 0) is 57.1 Å². The van der Waals surface area contributed by atoms with Gasteiger partial charge in [0.1, 0.15) is 60.4 Å². The number of ether oxygens (including phenoxy) is 7. The Bertz CT molecular complexity index is 1630. The molecule has 1 spiro atoms. The summed E-state index contributed by atoms with van der Waals surface area (Å²) in [5.74, 6) is -9.27. The lowest BCUT2D eigenvalue weighted by Crippen LogP contribution is -2.89. The molecule has 280 valence electrons. The molecule has 1 aromatic rings. The Hall–Kier alpha value is -4.19. The van der Waals surface area contributed by atoms with E-state index in [1.807, 2.05) is 0 Å². The van der Waals surface area contributed by atoms with Gasteiger partial charge in [-0.15, -0.1) is 0 Å². The van der Waals surface area contributed by atoms with Crippen molar-refractivity contribution in [3.05, 3.63) is 29.6 Å². The van der Waals surface area contributed by atoms with Crippen molar-refractivity contribution < 1.29 is 77.2 Å². The number of aliphatic hydroxyl groups excluding tert-OH is 2. The van der Waals surface area contributed by atoms with Crippen molar-refractivity contribution in [2.24, 2.45) is 17.3 Å². The fourth-order valence-corrected chi connectivity index (χ4v) is 8.67. The molecule has 3 N–H and O–H groups in total. The lowest BCUT2D eigenvalue weighted by molar-refractivity contribution is -0.386. The zero-order chi connectivity index (χ0) is 38.0. The van der Waals surface area contributed by atoms with Crippen molar-refractivity contribution in [1.82, 2.24) is 4.98 Å². The monoisotopic (exact) mass is 721 g/mol. The second-order valence-electron chi connectivity index (χ2n) is 14.2. The number of esters is 6. The van der Waals surface area contributed by atoms with Crippen LogP contribution in [-0.4, -0.2) is 123 Å². The van der Waals surface area contributed by atoms with E-state index < -0.39 is 126 Å². The quantitative estimate of drug-likeness (QED) is 0.265. The Labute approximate surface area is 292 Å². The zero-order valence-corrected chi connectivity index (χ0v) is 29.4. The van der Waals surface area contributed by atoms with E-state index in [2.05, 4.69) is 4.98 Å². The van der Waals surface area contributed by atoms with Crippen molar-refractivity contribution in [2.45, 2.75) is 115 Å². The van der Waals surface area contributed by atoms with E-state index in [-0.39, 0.29) is 11.3 Å². The van der Waals surface area contributed by atoms with E-state index in [0.717, 1.165) is 34.6 Å². The van der Waals surface area contributed by atoms with Gasteiger partial charge in [-0.3, -0.25) is 29.0 Å². The molecule has 1 saturated heterocycles. The first-order valence-corrected chi connectivity index (χ1v) is 16.4. The maximum absolute atomic E-state index is 14.0. The third kappa shape index (κ3) is 5.64. The summed E-state index contributed by atoms with van der Waals surface area (Å²) in [6.45, 7) is 7.86. The van der Waals surface area contributed by atoms with Gasteiger partial charge in [0.2, 0.25) is 0 Å². The Morgan fingerprint density at radius 1 is 0.882 bits per heavy atom. The first-order valence-electron chi connectivity index (χ1n) is 16.4. The molecule has 2 aliphatic heterocycles. The van der Waals surface area contributed by atoms with Gasteiger partial charge in [0.15, 0.2) is 11.7 Å². The van der Waals surface area contributed by atoms with Crippen LogP contribution < -0.4 is 0 Å². The second kappa shape index (κ2) is 13.1. The lowest BCUT2D eigenvalue weighted by atomic mass is 9.45. The van der Waals surface area contributed by atoms with Crippen molar-refractivity contribution in [3.8, 4) is 0 Å². The van der Waals surface area contributed by atoms with Crippen LogP contribution in [0.3, 0.4) is 0 Å². The molecule has 17 nitrogen and oxygen atoms in total. The molecule has 4 aliphatic rings. The average Bonchev–Trinajstić information content (AvgIpc) is 3.27. The summed E-state index contributed by atoms with van der Waals surface area (Å²) in [5.41, 5.74) is -9.70. The fourth-order valence-electron chi connectivity index (χ4n) is 8.67. The van der Waals surface area contributed by atoms with Gasteiger partial charge in [0.05, 0.1) is 23.1 Å². The first kappa shape index (κ1) is 38.1. The van der Waals surface area contributed by atoms with Crippen LogP contribution in [0.25, 0.3) is 0 Å². The standard InChI is InChI=1S/C34H43NO16/c1-14-15(2)29(42)50-26-24(41)28(49-19(6)39)33(13-45-16(3)36)27(48-18(5)38)23(40)21-25(47-17(4)37)34(33,32(26,8)44)51-31(21,7)12-46-30(43)20-10-9-11-35-22(14)20/h9-11,14-15,21,23-28,40-41,44H,12-13H2,1-8H3/t14?,15?,21?,23?,24-,25+,26-,27+,28-,31-,32-,33+,34-/m0/s1. The van der Waals surface area contributed by atoms with Crippen molar-refractivity contribution in [1.29, 1.82) is 0 Å². The van der Waals surface area contributed by atoms with Crippen LogP contribution >= 0.6 is 0 Å². The number of cyclic esters (lactones) is 1. The number of fused-ring (bicyclic) bond motifs is 5. The normalized spacial score (nSPS) is 41.6. The molecule has 0 aromatic carbocycles. The predicted molar refractivity (Wildman–Crippen MR) is 166 cm³/mol. The van der Waals surface area contributed by atoms with Crippen molar-refractivity contribution >= 4 is 35.8 Å². The van der Waals surface area contributed by atoms with Gasteiger partial charge in [0, 0.05) is 39.8 Å². The molecule has 2 aliphatic carbocycles. The third-order valence-corrected chi connectivity index (χ3v) is 10.9. The Kier molecular flexibility index (Phi) is 9.77. The topological polar surface area (TPSA) is 241 Å². The molecule has 1 aromatic heterocycles. The number of nitrogens with zero attached hydrogens (tertiary/aromatic N) is 1. The summed E-state index contributed by atoms with van der Waals surface area (Å²) in [6.07, 6.45) is -10.7. The maximum atomic E-state index is 14.0. The number of rotatable bonds is 5. The molecular weight excluding hydrogens is 678 g/mol. The number of carbonyl (C=O) groups excluding carboxylic acids is 6. The molecule has 0 radical (unpaired) electrons. The number of hydrogen-bond donors (Lipinski definition) is 3. The molecule has 51 heavy (non-hydrogen) atoms. The lowest BCUT2D eigenvalue weighted by Gasteiger charge is -2.67. The minimum atomic E-state index is -2.74. The Morgan fingerprint density at radius 2 is 1.45 bits per heavy atom. The van der Waals surface area contributed by atoms with E-state index in [9.17, 15) is 44.1 Å². The van der Waals surface area contributed by atoms with Crippen LogP contribution in [0, 0.1) is 17.3 Å². The van der Waals surface area contributed by atoms with E-state index in [1.54, 1.807) is 6.92 Å². The smallest absolute Gasteiger partial charge is 0.340 e. The molecule has 5 rings (SSSR count).